The fraction of sp³-hybridized carbons (Fsp3) is 0.414. The number of amides is 1. The maximum Gasteiger partial charge on any atom is 0.389 e. The van der Waals surface area contributed by atoms with E-state index in [9.17, 15) is 23.2 Å². The number of rotatable bonds is 7. The highest BCUT2D eigenvalue weighted by molar-refractivity contribution is 5.88. The Balaban J connectivity index is 1.73. The monoisotopic (exact) mass is 539 g/mol. The molecule has 2 atom stereocenters. The van der Waals surface area contributed by atoms with Gasteiger partial charge in [-0.1, -0.05) is 24.6 Å². The number of aromatic nitrogens is 2. The molecule has 0 saturated carbocycles. The van der Waals surface area contributed by atoms with Crippen LogP contribution in [-0.2, 0) is 22.8 Å². The highest BCUT2D eigenvalue weighted by Gasteiger charge is 2.45. The number of nitrogens with two attached hydrogens (primary N) is 1. The Hall–Kier alpha value is -3.84. The molecule has 0 spiro atoms. The SMILES string of the molecule is CN1CCCC[C@](CCC(F)(F)F)(c2cccc(Oc3cc([C@@](C)(N)c4cncn4C)ccc3C#N)c2)C1=O. The normalized spacial score (nSPS) is 19.7. The Morgan fingerprint density at radius 2 is 1.95 bits per heavy atom. The molecular weight excluding hydrogens is 507 g/mol. The van der Waals surface area contributed by atoms with Crippen molar-refractivity contribution in [2.45, 2.75) is 56.2 Å². The molecule has 7 nitrogen and oxygen atoms in total. The van der Waals surface area contributed by atoms with Crippen LogP contribution in [0.25, 0.3) is 0 Å². The summed E-state index contributed by atoms with van der Waals surface area (Å²) in [6.45, 7) is 2.32. The minimum absolute atomic E-state index is 0.250. The molecule has 1 amide bonds. The molecule has 0 radical (unpaired) electrons. The third kappa shape index (κ3) is 5.78. The number of nitrogens with zero attached hydrogens (tertiary/aromatic N) is 4. The van der Waals surface area contributed by atoms with E-state index in [1.165, 1.54) is 4.90 Å². The molecule has 1 saturated heterocycles. The number of hydrogen-bond acceptors (Lipinski definition) is 5. The third-order valence-electron chi connectivity index (χ3n) is 7.60. The first-order valence-electron chi connectivity index (χ1n) is 12.8. The number of alkyl halides is 3. The molecule has 10 heteroatoms. The molecule has 2 aromatic carbocycles. The van der Waals surface area contributed by atoms with Gasteiger partial charge in [-0.3, -0.25) is 4.79 Å². The molecule has 1 aliphatic heterocycles. The number of carbonyl (C=O) groups excluding carboxylic acids is 1. The number of imidazole rings is 1. The molecule has 3 aromatic rings. The molecule has 206 valence electrons. The summed E-state index contributed by atoms with van der Waals surface area (Å²) in [4.78, 5) is 19.2. The molecule has 1 aliphatic rings. The Kier molecular flexibility index (Phi) is 7.75. The van der Waals surface area contributed by atoms with Gasteiger partial charge in [-0.25, -0.2) is 4.98 Å². The van der Waals surface area contributed by atoms with Crippen molar-refractivity contribution in [3.05, 3.63) is 77.4 Å². The van der Waals surface area contributed by atoms with Crippen LogP contribution in [0.2, 0.25) is 0 Å². The van der Waals surface area contributed by atoms with Crippen LogP contribution in [0.5, 0.6) is 11.5 Å². The van der Waals surface area contributed by atoms with Gasteiger partial charge in [0.05, 0.1) is 34.7 Å². The van der Waals surface area contributed by atoms with Crippen molar-refractivity contribution in [2.24, 2.45) is 12.8 Å². The van der Waals surface area contributed by atoms with Crippen LogP contribution in [0, 0.1) is 11.3 Å². The van der Waals surface area contributed by atoms with Gasteiger partial charge in [0.15, 0.2) is 0 Å². The molecule has 0 unspecified atom stereocenters. The van der Waals surface area contributed by atoms with Gasteiger partial charge in [0.1, 0.15) is 17.6 Å². The van der Waals surface area contributed by atoms with Gasteiger partial charge in [-0.15, -0.1) is 0 Å². The number of halogens is 3. The van der Waals surface area contributed by atoms with Gasteiger partial charge >= 0.3 is 6.18 Å². The zero-order valence-electron chi connectivity index (χ0n) is 22.3. The van der Waals surface area contributed by atoms with Gasteiger partial charge in [-0.05, 0) is 61.6 Å². The van der Waals surface area contributed by atoms with Gasteiger partial charge in [0, 0.05) is 27.1 Å². The van der Waals surface area contributed by atoms with Gasteiger partial charge in [0.25, 0.3) is 0 Å². The summed E-state index contributed by atoms with van der Waals surface area (Å²) >= 11 is 0. The summed E-state index contributed by atoms with van der Waals surface area (Å²) in [5.41, 5.74) is 6.57. The van der Waals surface area contributed by atoms with E-state index >= 15 is 0 Å². The lowest BCUT2D eigenvalue weighted by atomic mass is 9.72. The van der Waals surface area contributed by atoms with E-state index in [0.29, 0.717) is 36.3 Å². The van der Waals surface area contributed by atoms with Crippen molar-refractivity contribution >= 4 is 5.91 Å². The number of carbonyl (C=O) groups is 1. The number of likely N-dealkylation sites (tertiary alicyclic amines) is 1. The summed E-state index contributed by atoms with van der Waals surface area (Å²) in [7, 11) is 3.47. The summed E-state index contributed by atoms with van der Waals surface area (Å²) in [5, 5.41) is 9.73. The minimum Gasteiger partial charge on any atom is -0.456 e. The minimum atomic E-state index is -4.39. The van der Waals surface area contributed by atoms with E-state index in [2.05, 4.69) is 11.1 Å². The molecule has 39 heavy (non-hydrogen) atoms. The van der Waals surface area contributed by atoms with E-state index in [0.717, 1.165) is 12.1 Å². The molecule has 2 heterocycles. The van der Waals surface area contributed by atoms with Gasteiger partial charge < -0.3 is 19.9 Å². The maximum atomic E-state index is 13.5. The number of hydrogen-bond donors (Lipinski definition) is 1. The van der Waals surface area contributed by atoms with Crippen LogP contribution in [0.1, 0.15) is 61.4 Å². The number of likely N-dealkylation sites (N-methyl/N-ethyl adjacent to an activating group) is 1. The van der Waals surface area contributed by atoms with Crippen LogP contribution < -0.4 is 10.5 Å². The number of ether oxygens (including phenoxy) is 1. The summed E-state index contributed by atoms with van der Waals surface area (Å²) in [6, 6.07) is 13.8. The lowest BCUT2D eigenvalue weighted by Crippen LogP contribution is -2.44. The molecule has 2 N–H and O–H groups in total. The average Bonchev–Trinajstić information content (AvgIpc) is 3.28. The fourth-order valence-corrected chi connectivity index (χ4v) is 5.36. The van der Waals surface area contributed by atoms with Crippen LogP contribution in [-0.4, -0.2) is 40.1 Å². The Bertz CT molecular complexity index is 1390. The zero-order valence-corrected chi connectivity index (χ0v) is 22.3. The summed E-state index contributed by atoms with van der Waals surface area (Å²) < 4.78 is 48.0. The van der Waals surface area contributed by atoms with E-state index < -0.39 is 23.6 Å². The zero-order chi connectivity index (χ0) is 28.4. The Labute approximate surface area is 226 Å². The fourth-order valence-electron chi connectivity index (χ4n) is 5.36. The smallest absolute Gasteiger partial charge is 0.389 e. The van der Waals surface area contributed by atoms with Crippen LogP contribution >= 0.6 is 0 Å². The van der Waals surface area contributed by atoms with Crippen molar-refractivity contribution in [2.75, 3.05) is 13.6 Å². The van der Waals surface area contributed by atoms with Crippen LogP contribution in [0.4, 0.5) is 13.2 Å². The maximum absolute atomic E-state index is 13.5. The first kappa shape index (κ1) is 28.2. The topological polar surface area (TPSA) is 97.2 Å². The van der Waals surface area contributed by atoms with Crippen molar-refractivity contribution in [3.63, 3.8) is 0 Å². The predicted molar refractivity (Wildman–Crippen MR) is 140 cm³/mol. The molecule has 1 fully saturated rings. The first-order chi connectivity index (χ1) is 18.4. The van der Waals surface area contributed by atoms with Gasteiger partial charge in [0.2, 0.25) is 5.91 Å². The Morgan fingerprint density at radius 3 is 2.62 bits per heavy atom. The van der Waals surface area contributed by atoms with Crippen LogP contribution in [0.3, 0.4) is 0 Å². The summed E-state index contributed by atoms with van der Waals surface area (Å²) in [6.07, 6.45) is -0.833. The van der Waals surface area contributed by atoms with Crippen molar-refractivity contribution in [3.8, 4) is 17.6 Å². The highest BCUT2D eigenvalue weighted by atomic mass is 19.4. The Morgan fingerprint density at radius 1 is 1.18 bits per heavy atom. The number of benzene rings is 2. The predicted octanol–water partition coefficient (Wildman–Crippen LogP) is 5.53. The second-order valence-corrected chi connectivity index (χ2v) is 10.4. The largest absolute Gasteiger partial charge is 0.456 e. The van der Waals surface area contributed by atoms with E-state index in [1.807, 2.05) is 18.5 Å². The molecule has 1 aromatic heterocycles. The van der Waals surface area contributed by atoms with Gasteiger partial charge in [-0.2, -0.15) is 18.4 Å². The summed E-state index contributed by atoms with van der Waals surface area (Å²) in [5.74, 6) is 0.238. The van der Waals surface area contributed by atoms with Crippen molar-refractivity contribution < 1.29 is 22.7 Å². The van der Waals surface area contributed by atoms with Crippen molar-refractivity contribution in [1.82, 2.24) is 14.5 Å². The number of aryl methyl sites for hydroxylation is 1. The lowest BCUT2D eigenvalue weighted by Gasteiger charge is -2.35. The number of nitriles is 1. The standard InChI is InChI=1S/C29H32F3N5O2/c1-27(34,25-18-35-19-37(25)3)21-10-9-20(17-33)24(16-21)39-23-8-6-7-22(15-23)28(12-13-29(30,31)32)11-4-5-14-36(2)26(28)38/h6-10,15-16,18-19H,4-5,11-14,34H2,1-3H3/t27-,28+/m1/s1. The van der Waals surface area contributed by atoms with Crippen molar-refractivity contribution in [1.29, 1.82) is 5.26 Å². The van der Waals surface area contributed by atoms with E-state index in [4.69, 9.17) is 10.5 Å². The molecular formula is C29H32F3N5O2. The highest BCUT2D eigenvalue weighted by Crippen LogP contribution is 2.43. The second-order valence-electron chi connectivity index (χ2n) is 10.4. The lowest BCUT2D eigenvalue weighted by molar-refractivity contribution is -0.146. The van der Waals surface area contributed by atoms with E-state index in [-0.39, 0.29) is 23.6 Å². The van der Waals surface area contributed by atoms with E-state index in [1.54, 1.807) is 62.0 Å². The van der Waals surface area contributed by atoms with Crippen LogP contribution in [0.15, 0.2) is 55.0 Å². The quantitative estimate of drug-likeness (QED) is 0.426. The first-order valence-corrected chi connectivity index (χ1v) is 12.8. The molecule has 4 rings (SSSR count). The molecule has 0 bridgehead atoms. The molecule has 0 aliphatic carbocycles. The average molecular weight is 540 g/mol. The third-order valence-corrected chi connectivity index (χ3v) is 7.60. The second kappa shape index (κ2) is 10.7.